The largest absolute Gasteiger partial charge is 0.493 e. The lowest BCUT2D eigenvalue weighted by Crippen LogP contribution is -2.46. The van der Waals surface area contributed by atoms with Crippen molar-refractivity contribution in [1.82, 2.24) is 15.1 Å². The van der Waals surface area contributed by atoms with Crippen molar-refractivity contribution >= 4 is 24.1 Å². The van der Waals surface area contributed by atoms with Gasteiger partial charge in [-0.05, 0) is 85.4 Å². The van der Waals surface area contributed by atoms with E-state index in [0.717, 1.165) is 12.8 Å². The molecule has 0 spiro atoms. The van der Waals surface area contributed by atoms with E-state index in [2.05, 4.69) is 5.32 Å². The van der Waals surface area contributed by atoms with Gasteiger partial charge < -0.3 is 43.5 Å². The lowest BCUT2D eigenvalue weighted by atomic mass is 9.83. The van der Waals surface area contributed by atoms with Crippen molar-refractivity contribution in [3.63, 3.8) is 0 Å². The second-order valence-corrected chi connectivity index (χ2v) is 14.8. The van der Waals surface area contributed by atoms with Crippen molar-refractivity contribution < 1.29 is 47.6 Å². The highest BCUT2D eigenvalue weighted by Crippen LogP contribution is 2.43. The smallest absolute Gasteiger partial charge is 0.410 e. The fourth-order valence-electron chi connectivity index (χ4n) is 6.09. The molecule has 1 aromatic carbocycles. The predicted molar refractivity (Wildman–Crippen MR) is 183 cm³/mol. The zero-order chi connectivity index (χ0) is 36.5. The fourth-order valence-corrected chi connectivity index (χ4v) is 6.09. The lowest BCUT2D eigenvalue weighted by Gasteiger charge is -2.32. The number of rotatable bonds is 16. The van der Waals surface area contributed by atoms with Gasteiger partial charge in [-0.25, -0.2) is 9.59 Å². The van der Waals surface area contributed by atoms with Crippen LogP contribution in [0.2, 0.25) is 0 Å². The molecule has 2 fully saturated rings. The summed E-state index contributed by atoms with van der Waals surface area (Å²) in [4.78, 5) is 56.2. The Morgan fingerprint density at radius 2 is 1.63 bits per heavy atom. The molecule has 1 heterocycles. The average Bonchev–Trinajstić information content (AvgIpc) is 3.80. The minimum atomic E-state index is -1.01. The third-order valence-corrected chi connectivity index (χ3v) is 8.92. The van der Waals surface area contributed by atoms with Gasteiger partial charge in [0.2, 0.25) is 0 Å². The molecule has 13 heteroatoms. The predicted octanol–water partition coefficient (Wildman–Crippen LogP) is 5.15. The van der Waals surface area contributed by atoms with Crippen LogP contribution in [0.3, 0.4) is 0 Å². The van der Waals surface area contributed by atoms with Crippen LogP contribution in [-0.2, 0) is 23.7 Å². The maximum absolute atomic E-state index is 14.0. The first-order chi connectivity index (χ1) is 23.0. The molecule has 276 valence electrons. The van der Waals surface area contributed by atoms with Crippen molar-refractivity contribution in [2.75, 3.05) is 60.7 Å². The van der Waals surface area contributed by atoms with Gasteiger partial charge >= 0.3 is 18.2 Å². The quantitative estimate of drug-likeness (QED) is 0.141. The Bertz CT molecular complexity index is 1290. The molecule has 3 atom stereocenters. The average molecular weight is 692 g/mol. The monoisotopic (exact) mass is 691 g/mol. The van der Waals surface area contributed by atoms with Gasteiger partial charge in [0, 0.05) is 69.8 Å². The van der Waals surface area contributed by atoms with Crippen LogP contribution in [0.5, 0.6) is 11.5 Å². The summed E-state index contributed by atoms with van der Waals surface area (Å²) < 4.78 is 33.0. The molecule has 0 radical (unpaired) electrons. The van der Waals surface area contributed by atoms with Crippen molar-refractivity contribution in [3.05, 3.63) is 23.8 Å². The van der Waals surface area contributed by atoms with E-state index in [9.17, 15) is 19.2 Å². The first kappa shape index (κ1) is 39.7. The van der Waals surface area contributed by atoms with E-state index in [4.69, 9.17) is 28.4 Å². The van der Waals surface area contributed by atoms with Gasteiger partial charge in [0.1, 0.15) is 11.7 Å². The Balaban J connectivity index is 1.79. The van der Waals surface area contributed by atoms with E-state index >= 15 is 0 Å². The summed E-state index contributed by atoms with van der Waals surface area (Å²) in [5.74, 6) is 0.0308. The Labute approximate surface area is 291 Å². The molecule has 1 saturated carbocycles. The van der Waals surface area contributed by atoms with E-state index in [1.54, 1.807) is 56.1 Å². The fraction of sp³-hybridized carbons (Fsp3) is 0.722. The molecule has 49 heavy (non-hydrogen) atoms. The molecule has 0 aromatic heterocycles. The Kier molecular flexibility index (Phi) is 14.0. The number of carbonyl (C=O) groups is 4. The van der Waals surface area contributed by atoms with Crippen LogP contribution in [0.25, 0.3) is 0 Å². The summed E-state index contributed by atoms with van der Waals surface area (Å²) >= 11 is 0. The second-order valence-electron chi connectivity index (χ2n) is 14.8. The molecule has 0 bridgehead atoms. The molecular weight excluding hydrogens is 634 g/mol. The van der Waals surface area contributed by atoms with Crippen molar-refractivity contribution in [2.24, 2.45) is 23.2 Å². The summed E-state index contributed by atoms with van der Waals surface area (Å²) in [5, 5.41) is 2.88. The summed E-state index contributed by atoms with van der Waals surface area (Å²) in [6, 6.07) is 4.94. The lowest BCUT2D eigenvalue weighted by molar-refractivity contribution is -0.158. The number of amides is 3. The molecule has 1 aliphatic heterocycles. The zero-order valence-electron chi connectivity index (χ0n) is 31.0. The summed E-state index contributed by atoms with van der Waals surface area (Å²) in [7, 11) is 4.50. The Hall–Kier alpha value is -3.74. The van der Waals surface area contributed by atoms with Crippen molar-refractivity contribution in [3.8, 4) is 11.5 Å². The third-order valence-electron chi connectivity index (χ3n) is 8.92. The first-order valence-corrected chi connectivity index (χ1v) is 17.1. The minimum Gasteiger partial charge on any atom is -0.493 e. The Morgan fingerprint density at radius 3 is 2.20 bits per heavy atom. The normalized spacial score (nSPS) is 18.5. The molecule has 1 unspecified atom stereocenters. The highest BCUT2D eigenvalue weighted by Gasteiger charge is 2.49. The van der Waals surface area contributed by atoms with Gasteiger partial charge in [-0.3, -0.25) is 9.59 Å². The third kappa shape index (κ3) is 11.1. The van der Waals surface area contributed by atoms with Crippen LogP contribution >= 0.6 is 0 Å². The number of hydrogen-bond donors (Lipinski definition) is 1. The number of nitrogens with one attached hydrogen (secondary N) is 1. The van der Waals surface area contributed by atoms with Crippen molar-refractivity contribution in [1.29, 1.82) is 0 Å². The van der Waals surface area contributed by atoms with Gasteiger partial charge in [-0.15, -0.1) is 0 Å². The maximum Gasteiger partial charge on any atom is 0.410 e. The number of nitrogens with zero attached hydrogens (tertiary/aromatic N) is 2. The maximum atomic E-state index is 14.0. The zero-order valence-corrected chi connectivity index (χ0v) is 31.0. The number of methoxy groups -OCH3 is 3. The number of carbonyl (C=O) groups excluding carboxylic acids is 4. The van der Waals surface area contributed by atoms with Crippen LogP contribution in [0.1, 0.15) is 78.1 Å². The topological polar surface area (TPSA) is 142 Å². The highest BCUT2D eigenvalue weighted by molar-refractivity contribution is 5.95. The van der Waals surface area contributed by atoms with Crippen LogP contribution < -0.4 is 14.8 Å². The van der Waals surface area contributed by atoms with Crippen LogP contribution in [0, 0.1) is 23.2 Å². The molecule has 1 aromatic rings. The summed E-state index contributed by atoms with van der Waals surface area (Å²) in [5.41, 5.74) is -1.25. The number of benzene rings is 1. The van der Waals surface area contributed by atoms with Crippen molar-refractivity contribution in [2.45, 2.75) is 85.5 Å². The second kappa shape index (κ2) is 17.3. The van der Waals surface area contributed by atoms with Crippen LogP contribution in [-0.4, -0.2) is 112 Å². The number of ether oxygens (including phenoxy) is 6. The molecule has 3 rings (SSSR count). The first-order valence-electron chi connectivity index (χ1n) is 17.1. The molecule has 1 N–H and O–H groups in total. The number of hydrogen-bond acceptors (Lipinski definition) is 10. The molecule has 3 amide bonds. The van der Waals surface area contributed by atoms with E-state index < -0.39 is 35.3 Å². The van der Waals surface area contributed by atoms with Gasteiger partial charge in [-0.2, -0.15) is 0 Å². The molecule has 13 nitrogen and oxygen atoms in total. The van der Waals surface area contributed by atoms with E-state index in [1.807, 2.05) is 34.6 Å². The molecule has 2 aliphatic rings. The van der Waals surface area contributed by atoms with E-state index in [1.165, 1.54) is 7.11 Å². The van der Waals surface area contributed by atoms with Gasteiger partial charge in [0.15, 0.2) is 11.5 Å². The SMILES string of the molecule is COCCCOc1cc(C(=O)N(C[C@@H]2CN(C(=O)OC(C)(C)C)C[C@@H]2CNC(=O)OC(C2CC2)C(C)(C)C(=O)OC)C(C)C)ccc1OC. The van der Waals surface area contributed by atoms with E-state index in [-0.39, 0.29) is 36.2 Å². The molecule has 1 aliphatic carbocycles. The highest BCUT2D eigenvalue weighted by atomic mass is 16.6. The standard InChI is InChI=1S/C36H57N3O10/c1-23(2)39(31(40)25-14-15-28(45-9)29(18-25)47-17-11-16-44-8)22-27-21-38(34(43)49-35(3,4)5)20-26(27)19-37-33(42)48-30(24-12-13-24)36(6,7)32(41)46-10/h14-15,18,23-24,26-27,30H,11-13,16-17,19-22H2,1-10H3,(H,37,42)/t26-,27-,30?/m0/s1. The summed E-state index contributed by atoms with van der Waals surface area (Å²) in [6.45, 7) is 14.9. The van der Waals surface area contributed by atoms with Crippen LogP contribution in [0.4, 0.5) is 9.59 Å². The Morgan fingerprint density at radius 1 is 0.959 bits per heavy atom. The number of alkyl carbamates (subject to hydrolysis) is 1. The molecule has 1 saturated heterocycles. The number of likely N-dealkylation sites (tertiary alicyclic amines) is 1. The van der Waals surface area contributed by atoms with Crippen LogP contribution in [0.15, 0.2) is 18.2 Å². The van der Waals surface area contributed by atoms with E-state index in [0.29, 0.717) is 56.3 Å². The number of esters is 1. The summed E-state index contributed by atoms with van der Waals surface area (Å²) in [6.07, 6.45) is 0.676. The van der Waals surface area contributed by atoms with Gasteiger partial charge in [0.05, 0.1) is 26.2 Å². The van der Waals surface area contributed by atoms with Gasteiger partial charge in [-0.1, -0.05) is 0 Å². The van der Waals surface area contributed by atoms with Gasteiger partial charge in [0.25, 0.3) is 5.91 Å². The molecular formula is C36H57N3O10. The minimum absolute atomic E-state index is 0.0848.